The average Bonchev–Trinajstić information content (AvgIpc) is 2.91. The van der Waals surface area contributed by atoms with Crippen molar-refractivity contribution in [2.45, 2.75) is 10.9 Å². The van der Waals surface area contributed by atoms with Crippen LogP contribution in [0.2, 0.25) is 0 Å². The maximum atomic E-state index is 12.8. The van der Waals surface area contributed by atoms with E-state index in [1.54, 1.807) is 36.2 Å². The van der Waals surface area contributed by atoms with Crippen molar-refractivity contribution in [1.82, 2.24) is 9.21 Å². The molecule has 0 amide bonds. The second kappa shape index (κ2) is 5.38. The van der Waals surface area contributed by atoms with E-state index in [-0.39, 0.29) is 18.0 Å². The number of sulfonamides is 1. The molecule has 1 aliphatic heterocycles. The first-order valence-electron chi connectivity index (χ1n) is 6.80. The van der Waals surface area contributed by atoms with E-state index in [1.807, 2.05) is 0 Å². The first-order valence-corrected chi connectivity index (χ1v) is 8.24. The number of benzene rings is 1. The molecule has 2 aromatic rings. The zero-order valence-corrected chi connectivity index (χ0v) is 12.8. The minimum absolute atomic E-state index is 0.0757. The molecule has 118 valence electrons. The zero-order chi connectivity index (χ0) is 15.9. The van der Waals surface area contributed by atoms with Gasteiger partial charge in [-0.3, -0.25) is 9.69 Å². The highest BCUT2D eigenvalue weighted by atomic mass is 32.2. The Morgan fingerprint density at radius 2 is 2.05 bits per heavy atom. The summed E-state index contributed by atoms with van der Waals surface area (Å²) in [5.74, 6) is -1.03. The Kier molecular flexibility index (Phi) is 3.67. The third-order valence-corrected chi connectivity index (χ3v) is 5.84. The lowest BCUT2D eigenvalue weighted by Crippen LogP contribution is -2.56. The molecule has 0 saturated carbocycles. The fourth-order valence-electron chi connectivity index (χ4n) is 2.63. The van der Waals surface area contributed by atoms with Gasteiger partial charge in [0, 0.05) is 25.0 Å². The molecule has 22 heavy (non-hydrogen) atoms. The van der Waals surface area contributed by atoms with Crippen LogP contribution in [0.1, 0.15) is 0 Å². The molecule has 3 rings (SSSR count). The second-order valence-electron chi connectivity index (χ2n) is 5.29. The summed E-state index contributed by atoms with van der Waals surface area (Å²) in [4.78, 5) is 13.0. The maximum absolute atomic E-state index is 12.8. The van der Waals surface area contributed by atoms with E-state index in [9.17, 15) is 18.3 Å². The van der Waals surface area contributed by atoms with Gasteiger partial charge in [0.25, 0.3) is 0 Å². The zero-order valence-electron chi connectivity index (χ0n) is 12.0. The molecule has 1 fully saturated rings. The van der Waals surface area contributed by atoms with Crippen LogP contribution in [0.4, 0.5) is 0 Å². The number of piperazine rings is 1. The van der Waals surface area contributed by atoms with Crippen LogP contribution >= 0.6 is 0 Å². The fourth-order valence-corrected chi connectivity index (χ4v) is 4.18. The molecule has 1 unspecified atom stereocenters. The Morgan fingerprint density at radius 3 is 2.77 bits per heavy atom. The van der Waals surface area contributed by atoms with E-state index in [0.29, 0.717) is 17.5 Å². The highest BCUT2D eigenvalue weighted by Crippen LogP contribution is 2.28. The lowest BCUT2D eigenvalue weighted by molar-refractivity contribution is -0.144. The third-order valence-electron chi connectivity index (χ3n) is 3.96. The molecule has 0 aliphatic carbocycles. The van der Waals surface area contributed by atoms with Crippen molar-refractivity contribution in [2.24, 2.45) is 0 Å². The predicted octanol–water partition coefficient (Wildman–Crippen LogP) is 0.822. The van der Waals surface area contributed by atoms with Gasteiger partial charge < -0.3 is 9.52 Å². The Hall–Kier alpha value is -1.90. The third kappa shape index (κ3) is 2.39. The van der Waals surface area contributed by atoms with E-state index in [0.717, 1.165) is 0 Å². The number of rotatable bonds is 3. The first-order chi connectivity index (χ1) is 10.4. The number of hydrogen-bond donors (Lipinski definition) is 1. The molecule has 0 radical (unpaired) electrons. The van der Waals surface area contributed by atoms with Crippen molar-refractivity contribution in [3.05, 3.63) is 30.5 Å². The quantitative estimate of drug-likeness (QED) is 0.899. The minimum atomic E-state index is -3.79. The number of likely N-dealkylation sites (N-methyl/N-ethyl adjacent to an activating group) is 1. The molecule has 8 heteroatoms. The van der Waals surface area contributed by atoms with E-state index in [1.165, 1.54) is 10.6 Å². The van der Waals surface area contributed by atoms with E-state index in [4.69, 9.17) is 4.42 Å². The molecule has 1 N–H and O–H groups in total. The molecule has 0 spiro atoms. The molecular weight excluding hydrogens is 308 g/mol. The summed E-state index contributed by atoms with van der Waals surface area (Å²) < 4.78 is 32.1. The Bertz CT molecular complexity index is 814. The topological polar surface area (TPSA) is 91.1 Å². The lowest BCUT2D eigenvalue weighted by atomic mass is 10.2. The summed E-state index contributed by atoms with van der Waals surface area (Å²) in [7, 11) is -2.11. The Balaban J connectivity index is 1.98. The predicted molar refractivity (Wildman–Crippen MR) is 79.0 cm³/mol. The van der Waals surface area contributed by atoms with Crippen LogP contribution in [0.5, 0.6) is 0 Å². The molecule has 1 aliphatic rings. The molecule has 1 atom stereocenters. The monoisotopic (exact) mass is 324 g/mol. The number of fused-ring (bicyclic) bond motifs is 1. The summed E-state index contributed by atoms with van der Waals surface area (Å²) in [6, 6.07) is 6.02. The van der Waals surface area contributed by atoms with Crippen molar-refractivity contribution in [3.63, 3.8) is 0 Å². The van der Waals surface area contributed by atoms with Crippen molar-refractivity contribution in [3.8, 4) is 0 Å². The minimum Gasteiger partial charge on any atom is -0.480 e. The fraction of sp³-hybridized carbons (Fsp3) is 0.357. The number of nitrogens with zero attached hydrogens (tertiary/aromatic N) is 2. The highest BCUT2D eigenvalue weighted by molar-refractivity contribution is 7.89. The van der Waals surface area contributed by atoms with Crippen LogP contribution in [0.15, 0.2) is 39.8 Å². The molecule has 1 aromatic carbocycles. The summed E-state index contributed by atoms with van der Waals surface area (Å²) >= 11 is 0. The molecule has 2 heterocycles. The number of aliphatic carboxylic acids is 1. The average molecular weight is 324 g/mol. The van der Waals surface area contributed by atoms with Gasteiger partial charge in [-0.15, -0.1) is 0 Å². The SMILES string of the molecule is CN1CCN(S(=O)(=O)c2coc3ccccc23)CC1C(=O)O. The van der Waals surface area contributed by atoms with Crippen LogP contribution in [0, 0.1) is 0 Å². The van der Waals surface area contributed by atoms with Gasteiger partial charge in [-0.2, -0.15) is 4.31 Å². The van der Waals surface area contributed by atoms with Gasteiger partial charge in [0.2, 0.25) is 10.0 Å². The van der Waals surface area contributed by atoms with Crippen molar-refractivity contribution in [2.75, 3.05) is 26.7 Å². The first kappa shape index (κ1) is 15.0. The standard InChI is InChI=1S/C14H16N2O5S/c1-15-6-7-16(8-11(15)14(17)18)22(19,20)13-9-21-12-5-3-2-4-10(12)13/h2-5,9,11H,6-8H2,1H3,(H,17,18). The summed E-state index contributed by atoms with van der Waals surface area (Å²) in [6.07, 6.45) is 1.22. The Labute approximate surface area is 127 Å². The maximum Gasteiger partial charge on any atom is 0.322 e. The molecular formula is C14H16N2O5S. The van der Waals surface area contributed by atoms with Crippen LogP contribution in [-0.4, -0.2) is 61.4 Å². The van der Waals surface area contributed by atoms with Crippen LogP contribution < -0.4 is 0 Å². The van der Waals surface area contributed by atoms with Gasteiger partial charge in [-0.1, -0.05) is 12.1 Å². The highest BCUT2D eigenvalue weighted by Gasteiger charge is 2.37. The van der Waals surface area contributed by atoms with Gasteiger partial charge in [-0.25, -0.2) is 8.42 Å². The molecule has 0 bridgehead atoms. The normalized spacial score (nSPS) is 21.2. The molecule has 7 nitrogen and oxygen atoms in total. The number of carboxylic acids is 1. The van der Waals surface area contributed by atoms with E-state index in [2.05, 4.69) is 0 Å². The lowest BCUT2D eigenvalue weighted by Gasteiger charge is -2.36. The van der Waals surface area contributed by atoms with E-state index >= 15 is 0 Å². The number of carbonyl (C=O) groups is 1. The number of furan rings is 1. The van der Waals surface area contributed by atoms with Gasteiger partial charge in [0.1, 0.15) is 22.8 Å². The number of hydrogen-bond acceptors (Lipinski definition) is 5. The summed E-state index contributed by atoms with van der Waals surface area (Å²) in [6.45, 7) is 0.543. The Morgan fingerprint density at radius 1 is 1.32 bits per heavy atom. The summed E-state index contributed by atoms with van der Waals surface area (Å²) in [5, 5.41) is 9.72. The molecule has 1 saturated heterocycles. The smallest absolute Gasteiger partial charge is 0.322 e. The van der Waals surface area contributed by atoms with Crippen molar-refractivity contribution in [1.29, 1.82) is 0 Å². The van der Waals surface area contributed by atoms with Gasteiger partial charge in [0.05, 0.1) is 0 Å². The van der Waals surface area contributed by atoms with Crippen LogP contribution in [0.25, 0.3) is 11.0 Å². The van der Waals surface area contributed by atoms with Crippen LogP contribution in [0.3, 0.4) is 0 Å². The number of carboxylic acid groups (broad SMARTS) is 1. The van der Waals surface area contributed by atoms with Gasteiger partial charge >= 0.3 is 5.97 Å². The number of para-hydroxylation sites is 1. The summed E-state index contributed by atoms with van der Waals surface area (Å²) in [5.41, 5.74) is 0.491. The van der Waals surface area contributed by atoms with Crippen molar-refractivity contribution < 1.29 is 22.7 Å². The van der Waals surface area contributed by atoms with Gasteiger partial charge in [0.15, 0.2) is 0 Å². The van der Waals surface area contributed by atoms with Crippen molar-refractivity contribution >= 4 is 27.0 Å². The van der Waals surface area contributed by atoms with Gasteiger partial charge in [-0.05, 0) is 19.2 Å². The second-order valence-corrected chi connectivity index (χ2v) is 7.20. The van der Waals surface area contributed by atoms with E-state index < -0.39 is 22.0 Å². The largest absolute Gasteiger partial charge is 0.480 e. The van der Waals surface area contributed by atoms with Crippen LogP contribution in [-0.2, 0) is 14.8 Å². The molecule has 1 aromatic heterocycles.